The highest BCUT2D eigenvalue weighted by Gasteiger charge is 2.63. The zero-order valence-corrected chi connectivity index (χ0v) is 10.5. The van der Waals surface area contributed by atoms with Gasteiger partial charge in [0.1, 0.15) is 0 Å². The number of esters is 1. The van der Waals surface area contributed by atoms with E-state index in [1.54, 1.807) is 13.8 Å². The molecule has 1 aliphatic carbocycles. The van der Waals surface area contributed by atoms with Gasteiger partial charge in [0.25, 0.3) is 5.67 Å². The van der Waals surface area contributed by atoms with Gasteiger partial charge in [-0.05, 0) is 11.8 Å². The van der Waals surface area contributed by atoms with Crippen LogP contribution in [0.3, 0.4) is 0 Å². The molecule has 0 saturated heterocycles. The lowest BCUT2D eigenvalue weighted by atomic mass is 9.58. The van der Waals surface area contributed by atoms with Crippen LogP contribution < -0.4 is 0 Å². The minimum Gasteiger partial charge on any atom is -0.466 e. The molecule has 1 fully saturated rings. The Bertz CT molecular complexity index is 333. The largest absolute Gasteiger partial charge is 0.466 e. The summed E-state index contributed by atoms with van der Waals surface area (Å²) in [6, 6.07) is 0. The minimum atomic E-state index is -2.50. The van der Waals surface area contributed by atoms with Crippen LogP contribution >= 0.6 is 0 Å². The highest BCUT2D eigenvalue weighted by molar-refractivity contribution is 6.08. The third kappa shape index (κ3) is 1.74. The van der Waals surface area contributed by atoms with E-state index in [4.69, 9.17) is 0 Å². The van der Waals surface area contributed by atoms with Gasteiger partial charge in [0.15, 0.2) is 5.78 Å². The maximum Gasteiger partial charge on any atom is 0.352 e. The maximum atomic E-state index is 14.7. The molecule has 1 aliphatic rings. The van der Waals surface area contributed by atoms with E-state index in [-0.39, 0.29) is 11.8 Å². The Morgan fingerprint density at radius 2 is 1.81 bits per heavy atom. The summed E-state index contributed by atoms with van der Waals surface area (Å²) in [7, 11) is 1.10. The van der Waals surface area contributed by atoms with Gasteiger partial charge in [-0.25, -0.2) is 9.18 Å². The van der Waals surface area contributed by atoms with Crippen molar-refractivity contribution in [2.75, 3.05) is 7.11 Å². The van der Waals surface area contributed by atoms with Gasteiger partial charge in [0.05, 0.1) is 7.11 Å². The van der Waals surface area contributed by atoms with E-state index in [9.17, 15) is 14.0 Å². The first-order valence-electron chi connectivity index (χ1n) is 5.37. The molecule has 0 amide bonds. The SMILES string of the molecule is COC(=O)C1(F)C(=O)CC(C)(C)CC1(C)C. The highest BCUT2D eigenvalue weighted by Crippen LogP contribution is 2.51. The second-order valence-electron chi connectivity index (χ2n) is 5.97. The van der Waals surface area contributed by atoms with Gasteiger partial charge in [0, 0.05) is 11.8 Å². The molecule has 0 aromatic rings. The molecule has 0 bridgehead atoms. The van der Waals surface area contributed by atoms with Gasteiger partial charge in [-0.1, -0.05) is 27.7 Å². The summed E-state index contributed by atoms with van der Waals surface area (Å²) in [6.07, 6.45) is 0.541. The number of hydrogen-bond donors (Lipinski definition) is 0. The van der Waals surface area contributed by atoms with Crippen molar-refractivity contribution < 1.29 is 18.7 Å². The number of carbonyl (C=O) groups excluding carboxylic acids is 2. The summed E-state index contributed by atoms with van der Waals surface area (Å²) in [4.78, 5) is 23.4. The quantitative estimate of drug-likeness (QED) is 0.512. The van der Waals surface area contributed by atoms with Crippen LogP contribution in [0.5, 0.6) is 0 Å². The first-order valence-corrected chi connectivity index (χ1v) is 5.37. The molecule has 1 atom stereocenters. The number of methoxy groups -OCH3 is 1. The summed E-state index contributed by atoms with van der Waals surface area (Å²) in [5, 5.41) is 0. The summed E-state index contributed by atoms with van der Waals surface area (Å²) in [6.45, 7) is 7.01. The predicted octanol–water partition coefficient (Wildman–Crippen LogP) is 2.28. The number of alkyl halides is 1. The Morgan fingerprint density at radius 1 is 1.31 bits per heavy atom. The Morgan fingerprint density at radius 3 is 2.19 bits per heavy atom. The van der Waals surface area contributed by atoms with Gasteiger partial charge < -0.3 is 4.74 Å². The van der Waals surface area contributed by atoms with Gasteiger partial charge in [0.2, 0.25) is 0 Å². The minimum absolute atomic E-state index is 0.0715. The number of rotatable bonds is 1. The van der Waals surface area contributed by atoms with E-state index in [0.717, 1.165) is 7.11 Å². The van der Waals surface area contributed by atoms with Crippen molar-refractivity contribution in [2.24, 2.45) is 10.8 Å². The van der Waals surface area contributed by atoms with Crippen LogP contribution in [-0.2, 0) is 14.3 Å². The molecule has 0 spiro atoms. The Labute approximate surface area is 95.3 Å². The van der Waals surface area contributed by atoms with Gasteiger partial charge >= 0.3 is 5.97 Å². The van der Waals surface area contributed by atoms with Crippen molar-refractivity contribution in [1.82, 2.24) is 0 Å². The molecule has 3 nitrogen and oxygen atoms in total. The molecule has 1 rings (SSSR count). The van der Waals surface area contributed by atoms with Gasteiger partial charge in [-0.3, -0.25) is 4.79 Å². The average molecular weight is 230 g/mol. The lowest BCUT2D eigenvalue weighted by Gasteiger charge is -2.47. The Hall–Kier alpha value is -0.930. The smallest absolute Gasteiger partial charge is 0.352 e. The van der Waals surface area contributed by atoms with Crippen molar-refractivity contribution in [3.05, 3.63) is 0 Å². The predicted molar refractivity (Wildman–Crippen MR) is 57.7 cm³/mol. The van der Waals surface area contributed by atoms with Crippen LogP contribution in [0.25, 0.3) is 0 Å². The standard InChI is InChI=1S/C12H19FO3/c1-10(2)6-8(14)12(13,9(15)16-5)11(3,4)7-10/h6-7H2,1-5H3. The average Bonchev–Trinajstić information content (AvgIpc) is 2.10. The number of halogens is 1. The number of ketones is 1. The molecule has 92 valence electrons. The summed E-state index contributed by atoms with van der Waals surface area (Å²) >= 11 is 0. The molecule has 0 aromatic heterocycles. The lowest BCUT2D eigenvalue weighted by molar-refractivity contribution is -0.177. The maximum absolute atomic E-state index is 14.7. The fraction of sp³-hybridized carbons (Fsp3) is 0.833. The summed E-state index contributed by atoms with van der Waals surface area (Å²) in [5.41, 5.74) is -3.81. The van der Waals surface area contributed by atoms with Crippen LogP contribution in [0.4, 0.5) is 4.39 Å². The molecule has 16 heavy (non-hydrogen) atoms. The molecule has 0 aromatic carbocycles. The van der Waals surface area contributed by atoms with Crippen LogP contribution in [0.15, 0.2) is 0 Å². The van der Waals surface area contributed by atoms with E-state index in [2.05, 4.69) is 4.74 Å². The number of Topliss-reactive ketones (excluding diaryl/α,β-unsaturated/α-hetero) is 1. The van der Waals surface area contributed by atoms with Crippen molar-refractivity contribution in [1.29, 1.82) is 0 Å². The van der Waals surface area contributed by atoms with E-state index >= 15 is 0 Å². The monoisotopic (exact) mass is 230 g/mol. The number of carbonyl (C=O) groups is 2. The van der Waals surface area contributed by atoms with E-state index in [1.807, 2.05) is 13.8 Å². The summed E-state index contributed by atoms with van der Waals surface area (Å²) < 4.78 is 19.1. The first kappa shape index (κ1) is 13.1. The molecule has 4 heteroatoms. The third-order valence-corrected chi connectivity index (χ3v) is 3.34. The number of ether oxygens (including phenoxy) is 1. The van der Waals surface area contributed by atoms with E-state index < -0.39 is 22.8 Å². The zero-order chi connectivity index (χ0) is 12.8. The molecule has 0 aliphatic heterocycles. The fourth-order valence-corrected chi connectivity index (χ4v) is 2.85. The summed E-state index contributed by atoms with van der Waals surface area (Å²) in [5.74, 6) is -1.74. The third-order valence-electron chi connectivity index (χ3n) is 3.34. The van der Waals surface area contributed by atoms with E-state index in [1.165, 1.54) is 0 Å². The van der Waals surface area contributed by atoms with Crippen molar-refractivity contribution in [3.63, 3.8) is 0 Å². The topological polar surface area (TPSA) is 43.4 Å². The normalized spacial score (nSPS) is 32.2. The van der Waals surface area contributed by atoms with Crippen LogP contribution in [0.1, 0.15) is 40.5 Å². The molecular formula is C12H19FO3. The second-order valence-corrected chi connectivity index (χ2v) is 5.97. The molecule has 0 radical (unpaired) electrons. The van der Waals surface area contributed by atoms with Crippen molar-refractivity contribution in [2.45, 2.75) is 46.2 Å². The molecule has 0 N–H and O–H groups in total. The molecular weight excluding hydrogens is 211 g/mol. The van der Waals surface area contributed by atoms with Gasteiger partial charge in [-0.2, -0.15) is 0 Å². The van der Waals surface area contributed by atoms with E-state index in [0.29, 0.717) is 6.42 Å². The Balaban J connectivity index is 3.20. The molecule has 1 unspecified atom stereocenters. The lowest BCUT2D eigenvalue weighted by Crippen LogP contribution is -2.59. The van der Waals surface area contributed by atoms with Crippen molar-refractivity contribution in [3.8, 4) is 0 Å². The molecule has 0 heterocycles. The van der Waals surface area contributed by atoms with Crippen molar-refractivity contribution >= 4 is 11.8 Å². The van der Waals surface area contributed by atoms with Crippen LogP contribution in [-0.4, -0.2) is 24.5 Å². The first-order chi connectivity index (χ1) is 7.07. The second kappa shape index (κ2) is 3.54. The highest BCUT2D eigenvalue weighted by atomic mass is 19.1. The van der Waals surface area contributed by atoms with Crippen LogP contribution in [0, 0.1) is 10.8 Å². The zero-order valence-electron chi connectivity index (χ0n) is 10.5. The number of hydrogen-bond acceptors (Lipinski definition) is 3. The van der Waals surface area contributed by atoms with Gasteiger partial charge in [-0.15, -0.1) is 0 Å². The Kier molecular flexibility index (Phi) is 2.90. The van der Waals surface area contributed by atoms with Crippen LogP contribution in [0.2, 0.25) is 0 Å². The molecule has 1 saturated carbocycles. The fourth-order valence-electron chi connectivity index (χ4n) is 2.85.